The highest BCUT2D eigenvalue weighted by Gasteiger charge is 2.18. The number of rotatable bonds is 4. The van der Waals surface area contributed by atoms with Gasteiger partial charge in [-0.15, -0.1) is 11.3 Å². The Bertz CT molecular complexity index is 572. The maximum atomic E-state index is 11.9. The number of fused-ring (bicyclic) bond motifs is 1. The van der Waals surface area contributed by atoms with Crippen LogP contribution in [0.2, 0.25) is 0 Å². The number of carbonyl (C=O) groups excluding carboxylic acids is 1. The standard InChI is InChI=1S/C14H16O3S/c1-4-16-10-7-6-8-11-12(10)9(3)13(18-11)14(15)17-5-2/h6-8H,4-5H2,1-3H3. The van der Waals surface area contributed by atoms with Crippen molar-refractivity contribution in [2.24, 2.45) is 0 Å². The Labute approximate surface area is 110 Å². The summed E-state index contributed by atoms with van der Waals surface area (Å²) in [5.74, 6) is 0.581. The number of ether oxygens (including phenoxy) is 2. The normalized spacial score (nSPS) is 10.6. The summed E-state index contributed by atoms with van der Waals surface area (Å²) in [4.78, 5) is 12.5. The quantitative estimate of drug-likeness (QED) is 0.788. The molecule has 0 fully saturated rings. The van der Waals surface area contributed by atoms with Gasteiger partial charge in [0, 0.05) is 10.1 Å². The fourth-order valence-corrected chi connectivity index (χ4v) is 3.05. The molecule has 0 N–H and O–H groups in total. The van der Waals surface area contributed by atoms with E-state index in [0.717, 1.165) is 21.4 Å². The molecule has 0 saturated heterocycles. The number of hydrogen-bond acceptors (Lipinski definition) is 4. The van der Waals surface area contributed by atoms with Crippen molar-refractivity contribution >= 4 is 27.4 Å². The molecule has 4 heteroatoms. The molecule has 0 aliphatic rings. The molecule has 2 aromatic rings. The summed E-state index contributed by atoms with van der Waals surface area (Å²) in [6, 6.07) is 5.87. The maximum absolute atomic E-state index is 11.9. The summed E-state index contributed by atoms with van der Waals surface area (Å²) in [6.07, 6.45) is 0. The van der Waals surface area contributed by atoms with Gasteiger partial charge in [-0.25, -0.2) is 4.79 Å². The second-order valence-corrected chi connectivity index (χ2v) is 4.89. The van der Waals surface area contributed by atoms with Gasteiger partial charge < -0.3 is 9.47 Å². The van der Waals surface area contributed by atoms with Crippen LogP contribution in [0.1, 0.15) is 29.1 Å². The molecule has 18 heavy (non-hydrogen) atoms. The first-order valence-corrected chi connectivity index (χ1v) is 6.82. The van der Waals surface area contributed by atoms with E-state index in [2.05, 4.69) is 0 Å². The first-order chi connectivity index (χ1) is 8.69. The van der Waals surface area contributed by atoms with Gasteiger partial charge in [-0.05, 0) is 38.5 Å². The van der Waals surface area contributed by atoms with Gasteiger partial charge in [0.1, 0.15) is 10.6 Å². The maximum Gasteiger partial charge on any atom is 0.348 e. The highest BCUT2D eigenvalue weighted by atomic mass is 32.1. The second-order valence-electron chi connectivity index (χ2n) is 3.84. The Morgan fingerprint density at radius 3 is 2.72 bits per heavy atom. The minimum absolute atomic E-state index is 0.251. The summed E-state index contributed by atoms with van der Waals surface area (Å²) < 4.78 is 11.7. The van der Waals surface area contributed by atoms with E-state index in [9.17, 15) is 4.79 Å². The average Bonchev–Trinajstić information content (AvgIpc) is 2.69. The summed E-state index contributed by atoms with van der Waals surface area (Å²) in [5.41, 5.74) is 0.942. The molecule has 96 valence electrons. The smallest absolute Gasteiger partial charge is 0.348 e. The highest BCUT2D eigenvalue weighted by molar-refractivity contribution is 7.21. The topological polar surface area (TPSA) is 35.5 Å². The predicted molar refractivity (Wildman–Crippen MR) is 73.7 cm³/mol. The van der Waals surface area contributed by atoms with Gasteiger partial charge in [-0.1, -0.05) is 6.07 Å². The second kappa shape index (κ2) is 5.40. The van der Waals surface area contributed by atoms with Crippen LogP contribution in [0.4, 0.5) is 0 Å². The van der Waals surface area contributed by atoms with E-state index in [1.165, 1.54) is 11.3 Å². The van der Waals surface area contributed by atoms with Crippen LogP contribution in [0.5, 0.6) is 5.75 Å². The first kappa shape index (κ1) is 12.9. The molecule has 0 aliphatic heterocycles. The molecule has 0 amide bonds. The Kier molecular flexibility index (Phi) is 3.87. The first-order valence-electron chi connectivity index (χ1n) is 6.01. The van der Waals surface area contributed by atoms with Crippen LogP contribution in [-0.2, 0) is 4.74 Å². The van der Waals surface area contributed by atoms with Crippen molar-refractivity contribution in [3.8, 4) is 5.75 Å². The van der Waals surface area contributed by atoms with E-state index >= 15 is 0 Å². The molecule has 1 aromatic carbocycles. The van der Waals surface area contributed by atoms with Crippen LogP contribution in [-0.4, -0.2) is 19.2 Å². The fraction of sp³-hybridized carbons (Fsp3) is 0.357. The number of carbonyl (C=O) groups is 1. The van der Waals surface area contributed by atoms with Crippen molar-refractivity contribution in [3.63, 3.8) is 0 Å². The van der Waals surface area contributed by atoms with Gasteiger partial charge in [0.2, 0.25) is 0 Å². The number of thiophene rings is 1. The van der Waals surface area contributed by atoms with Gasteiger partial charge in [0.05, 0.1) is 13.2 Å². The molecule has 2 rings (SSSR count). The molecule has 0 bridgehead atoms. The van der Waals surface area contributed by atoms with E-state index in [4.69, 9.17) is 9.47 Å². The Morgan fingerprint density at radius 2 is 2.06 bits per heavy atom. The van der Waals surface area contributed by atoms with Crippen LogP contribution in [0.15, 0.2) is 18.2 Å². The van der Waals surface area contributed by atoms with Gasteiger partial charge in [-0.2, -0.15) is 0 Å². The van der Waals surface area contributed by atoms with Gasteiger partial charge in [-0.3, -0.25) is 0 Å². The zero-order valence-electron chi connectivity index (χ0n) is 10.8. The van der Waals surface area contributed by atoms with Gasteiger partial charge in [0.15, 0.2) is 0 Å². The molecule has 0 saturated carbocycles. The van der Waals surface area contributed by atoms with Gasteiger partial charge >= 0.3 is 5.97 Å². The molecular weight excluding hydrogens is 248 g/mol. The van der Waals surface area contributed by atoms with Crippen LogP contribution in [0.3, 0.4) is 0 Å². The van der Waals surface area contributed by atoms with E-state index in [1.807, 2.05) is 39.0 Å². The molecule has 0 atom stereocenters. The van der Waals surface area contributed by atoms with Crippen molar-refractivity contribution in [1.82, 2.24) is 0 Å². The van der Waals surface area contributed by atoms with Crippen molar-refractivity contribution in [2.45, 2.75) is 20.8 Å². The SMILES string of the molecule is CCOC(=O)c1sc2cccc(OCC)c2c1C. The van der Waals surface area contributed by atoms with E-state index in [0.29, 0.717) is 18.1 Å². The van der Waals surface area contributed by atoms with E-state index in [-0.39, 0.29) is 5.97 Å². The average molecular weight is 264 g/mol. The lowest BCUT2D eigenvalue weighted by atomic mass is 10.1. The molecular formula is C14H16O3S. The van der Waals surface area contributed by atoms with Gasteiger partial charge in [0.25, 0.3) is 0 Å². The van der Waals surface area contributed by atoms with Crippen LogP contribution in [0.25, 0.3) is 10.1 Å². The van der Waals surface area contributed by atoms with Crippen LogP contribution in [0, 0.1) is 6.92 Å². The summed E-state index contributed by atoms with van der Waals surface area (Å²) in [7, 11) is 0. The zero-order chi connectivity index (χ0) is 13.1. The van der Waals surface area contributed by atoms with Crippen molar-refractivity contribution in [2.75, 3.05) is 13.2 Å². The van der Waals surface area contributed by atoms with Crippen molar-refractivity contribution in [3.05, 3.63) is 28.6 Å². The fourth-order valence-electron chi connectivity index (χ4n) is 1.93. The number of esters is 1. The molecule has 0 radical (unpaired) electrons. The molecule has 0 unspecified atom stereocenters. The number of aryl methyl sites for hydroxylation is 1. The van der Waals surface area contributed by atoms with Crippen LogP contribution >= 0.6 is 11.3 Å². The molecule has 0 spiro atoms. The van der Waals surface area contributed by atoms with E-state index in [1.54, 1.807) is 0 Å². The number of hydrogen-bond donors (Lipinski definition) is 0. The van der Waals surface area contributed by atoms with Crippen molar-refractivity contribution in [1.29, 1.82) is 0 Å². The summed E-state index contributed by atoms with van der Waals surface area (Å²) in [6.45, 7) is 6.71. The minimum Gasteiger partial charge on any atom is -0.493 e. The third kappa shape index (κ3) is 2.20. The minimum atomic E-state index is -0.251. The molecule has 1 aromatic heterocycles. The highest BCUT2D eigenvalue weighted by Crippen LogP contribution is 2.37. The molecule has 1 heterocycles. The lowest BCUT2D eigenvalue weighted by Crippen LogP contribution is -2.03. The van der Waals surface area contributed by atoms with Crippen LogP contribution < -0.4 is 4.74 Å². The Hall–Kier alpha value is -1.55. The summed E-state index contributed by atoms with van der Waals surface area (Å²) in [5, 5.41) is 1.02. The zero-order valence-corrected chi connectivity index (χ0v) is 11.6. The molecule has 3 nitrogen and oxygen atoms in total. The monoisotopic (exact) mass is 264 g/mol. The number of benzene rings is 1. The summed E-state index contributed by atoms with van der Waals surface area (Å²) >= 11 is 1.46. The third-order valence-electron chi connectivity index (χ3n) is 2.68. The largest absolute Gasteiger partial charge is 0.493 e. The van der Waals surface area contributed by atoms with Crippen molar-refractivity contribution < 1.29 is 14.3 Å². The third-order valence-corrected chi connectivity index (χ3v) is 3.91. The van der Waals surface area contributed by atoms with E-state index < -0.39 is 0 Å². The lowest BCUT2D eigenvalue weighted by molar-refractivity contribution is 0.0531. The Morgan fingerprint density at radius 1 is 1.28 bits per heavy atom. The molecule has 0 aliphatic carbocycles. The predicted octanol–water partition coefficient (Wildman–Crippen LogP) is 3.79. The Balaban J connectivity index is 2.56. The lowest BCUT2D eigenvalue weighted by Gasteiger charge is -2.05.